The molecule has 0 aliphatic carbocycles. The van der Waals surface area contributed by atoms with Crippen molar-refractivity contribution in [3.63, 3.8) is 0 Å². The number of benzene rings is 1. The first-order chi connectivity index (χ1) is 8.74. The Hall–Kier alpha value is -1.52. The van der Waals surface area contributed by atoms with Crippen molar-refractivity contribution in [3.8, 4) is 11.6 Å². The Morgan fingerprint density at radius 1 is 1.33 bits per heavy atom. The minimum atomic E-state index is -0.00445. The highest BCUT2D eigenvalue weighted by Gasteiger charge is 2.07. The molecule has 1 aromatic carbocycles. The molecule has 0 amide bonds. The minimum Gasteiger partial charge on any atom is -0.438 e. The summed E-state index contributed by atoms with van der Waals surface area (Å²) in [6, 6.07) is 9.73. The van der Waals surface area contributed by atoms with Gasteiger partial charge in [0.05, 0.1) is 6.61 Å². The van der Waals surface area contributed by atoms with Crippen LogP contribution in [0.3, 0.4) is 0 Å². The van der Waals surface area contributed by atoms with Gasteiger partial charge in [-0.2, -0.15) is 0 Å². The first-order valence-electron chi connectivity index (χ1n) is 5.62. The van der Waals surface area contributed by atoms with Gasteiger partial charge in [-0.15, -0.1) is 11.8 Å². The van der Waals surface area contributed by atoms with Gasteiger partial charge < -0.3 is 9.84 Å². The van der Waals surface area contributed by atoms with Gasteiger partial charge in [-0.25, -0.2) is 4.98 Å². The summed E-state index contributed by atoms with van der Waals surface area (Å²) in [5.74, 6) is 1.38. The molecule has 0 spiro atoms. The molecule has 2 rings (SSSR count). The van der Waals surface area contributed by atoms with Crippen molar-refractivity contribution in [2.24, 2.45) is 0 Å². The highest BCUT2D eigenvalue weighted by Crippen LogP contribution is 2.31. The van der Waals surface area contributed by atoms with Gasteiger partial charge in [-0.1, -0.05) is 12.1 Å². The fourth-order valence-electron chi connectivity index (χ4n) is 1.62. The number of ether oxygens (including phenoxy) is 1. The fourth-order valence-corrected chi connectivity index (χ4v) is 2.15. The zero-order valence-electron chi connectivity index (χ0n) is 10.4. The van der Waals surface area contributed by atoms with Crippen LogP contribution in [0.15, 0.2) is 41.4 Å². The molecule has 0 fully saturated rings. The van der Waals surface area contributed by atoms with Crippen molar-refractivity contribution in [2.75, 3.05) is 6.26 Å². The Morgan fingerprint density at radius 2 is 2.11 bits per heavy atom. The van der Waals surface area contributed by atoms with Crippen molar-refractivity contribution in [1.29, 1.82) is 0 Å². The van der Waals surface area contributed by atoms with Gasteiger partial charge in [0.25, 0.3) is 0 Å². The summed E-state index contributed by atoms with van der Waals surface area (Å²) in [6.07, 6.45) is 3.64. The Morgan fingerprint density at radius 3 is 2.78 bits per heavy atom. The number of nitrogens with zero attached hydrogens (tertiary/aromatic N) is 1. The normalized spacial score (nSPS) is 10.4. The molecule has 0 bridgehead atoms. The lowest BCUT2D eigenvalue weighted by Gasteiger charge is -2.11. The number of rotatable bonds is 4. The third kappa shape index (κ3) is 2.83. The molecule has 1 aromatic heterocycles. The Labute approximate surface area is 111 Å². The molecule has 3 nitrogen and oxygen atoms in total. The maximum Gasteiger partial charge on any atom is 0.222 e. The second-order valence-electron chi connectivity index (χ2n) is 3.88. The molecule has 18 heavy (non-hydrogen) atoms. The number of para-hydroxylation sites is 1. The van der Waals surface area contributed by atoms with Crippen LogP contribution in [0.2, 0.25) is 0 Å². The molecule has 0 aliphatic rings. The number of aliphatic hydroxyl groups is 1. The van der Waals surface area contributed by atoms with Crippen LogP contribution < -0.4 is 4.74 Å². The Bertz CT molecular complexity index is 543. The lowest BCUT2D eigenvalue weighted by molar-refractivity contribution is 0.281. The predicted octanol–water partition coefficient (Wildman–Crippen LogP) is 3.40. The summed E-state index contributed by atoms with van der Waals surface area (Å²) in [5, 5.41) is 9.04. The smallest absolute Gasteiger partial charge is 0.222 e. The minimum absolute atomic E-state index is 0.00445. The zero-order chi connectivity index (χ0) is 13.0. The third-order valence-corrected chi connectivity index (χ3v) is 3.32. The van der Waals surface area contributed by atoms with E-state index in [0.29, 0.717) is 5.88 Å². The van der Waals surface area contributed by atoms with E-state index in [-0.39, 0.29) is 6.61 Å². The average Bonchev–Trinajstić information content (AvgIpc) is 2.41. The molecule has 4 heteroatoms. The maximum atomic E-state index is 9.04. The van der Waals surface area contributed by atoms with Crippen LogP contribution >= 0.6 is 11.8 Å². The lowest BCUT2D eigenvalue weighted by Crippen LogP contribution is -1.95. The van der Waals surface area contributed by atoms with Crippen LogP contribution in [0.4, 0.5) is 0 Å². The van der Waals surface area contributed by atoms with Crippen LogP contribution in [0.5, 0.6) is 11.6 Å². The first kappa shape index (κ1) is 12.9. The van der Waals surface area contributed by atoms with Gasteiger partial charge in [0.2, 0.25) is 5.88 Å². The largest absolute Gasteiger partial charge is 0.438 e. The van der Waals surface area contributed by atoms with Crippen molar-refractivity contribution in [2.45, 2.75) is 18.4 Å². The SMILES string of the molecule is CSc1ccccc1Oc1ncc(CO)cc1C. The van der Waals surface area contributed by atoms with Crippen LogP contribution in [-0.4, -0.2) is 16.3 Å². The molecule has 0 saturated heterocycles. The average molecular weight is 261 g/mol. The Balaban J connectivity index is 2.28. The molecule has 0 aliphatic heterocycles. The number of hydrogen-bond donors (Lipinski definition) is 1. The third-order valence-electron chi connectivity index (χ3n) is 2.55. The van der Waals surface area contributed by atoms with Crippen molar-refractivity contribution < 1.29 is 9.84 Å². The fraction of sp³-hybridized carbons (Fsp3) is 0.214. The summed E-state index contributed by atoms with van der Waals surface area (Å²) in [4.78, 5) is 5.30. The van der Waals surface area contributed by atoms with Gasteiger partial charge in [0.15, 0.2) is 0 Å². The molecular formula is C14H15NO2S. The summed E-state index contributed by atoms with van der Waals surface area (Å²) in [5.41, 5.74) is 1.70. The van der Waals surface area contributed by atoms with E-state index in [9.17, 15) is 0 Å². The quantitative estimate of drug-likeness (QED) is 0.857. The zero-order valence-corrected chi connectivity index (χ0v) is 11.2. The van der Waals surface area contributed by atoms with Crippen LogP contribution in [0, 0.1) is 6.92 Å². The van der Waals surface area contributed by atoms with Crippen molar-refractivity contribution >= 4 is 11.8 Å². The lowest BCUT2D eigenvalue weighted by atomic mass is 10.2. The summed E-state index contributed by atoms with van der Waals surface area (Å²) in [6.45, 7) is 1.92. The van der Waals surface area contributed by atoms with Crippen molar-refractivity contribution in [3.05, 3.63) is 47.7 Å². The number of aromatic nitrogens is 1. The molecule has 1 N–H and O–H groups in total. The highest BCUT2D eigenvalue weighted by atomic mass is 32.2. The monoisotopic (exact) mass is 261 g/mol. The summed E-state index contributed by atoms with van der Waals surface area (Å²) >= 11 is 1.64. The van der Waals surface area contributed by atoms with Crippen molar-refractivity contribution in [1.82, 2.24) is 4.98 Å². The number of hydrogen-bond acceptors (Lipinski definition) is 4. The molecule has 0 atom stereocenters. The van der Waals surface area contributed by atoms with Crippen LogP contribution in [-0.2, 0) is 6.61 Å². The number of thioether (sulfide) groups is 1. The number of aliphatic hydroxyl groups excluding tert-OH is 1. The molecule has 94 valence electrons. The first-order valence-corrected chi connectivity index (χ1v) is 6.84. The van der Waals surface area contributed by atoms with E-state index >= 15 is 0 Å². The maximum absolute atomic E-state index is 9.04. The standard InChI is InChI=1S/C14H15NO2S/c1-10-7-11(9-16)8-15-14(10)17-12-5-3-4-6-13(12)18-2/h3-8,16H,9H2,1-2H3. The van der Waals surface area contributed by atoms with E-state index in [1.165, 1.54) is 0 Å². The van der Waals surface area contributed by atoms with E-state index in [1.54, 1.807) is 18.0 Å². The molecule has 2 aromatic rings. The number of pyridine rings is 1. The Kier molecular flexibility index (Phi) is 4.23. The summed E-state index contributed by atoms with van der Waals surface area (Å²) in [7, 11) is 0. The van der Waals surface area contributed by atoms with Gasteiger partial charge in [0, 0.05) is 16.7 Å². The second kappa shape index (κ2) is 5.89. The van der Waals surface area contributed by atoms with Gasteiger partial charge >= 0.3 is 0 Å². The molecule has 0 radical (unpaired) electrons. The van der Waals surface area contributed by atoms with Crippen LogP contribution in [0.1, 0.15) is 11.1 Å². The molecule has 1 heterocycles. The molecule has 0 saturated carbocycles. The van der Waals surface area contributed by atoms with E-state index in [0.717, 1.165) is 21.8 Å². The molecular weight excluding hydrogens is 246 g/mol. The van der Waals surface area contributed by atoms with E-state index in [2.05, 4.69) is 4.98 Å². The molecule has 0 unspecified atom stereocenters. The predicted molar refractivity (Wildman–Crippen MR) is 73.2 cm³/mol. The van der Waals surface area contributed by atoms with Gasteiger partial charge in [-0.3, -0.25) is 0 Å². The highest BCUT2D eigenvalue weighted by molar-refractivity contribution is 7.98. The van der Waals surface area contributed by atoms with E-state index in [1.807, 2.05) is 43.5 Å². The second-order valence-corrected chi connectivity index (χ2v) is 4.72. The van der Waals surface area contributed by atoms with Gasteiger partial charge in [-0.05, 0) is 36.9 Å². The summed E-state index contributed by atoms with van der Waals surface area (Å²) < 4.78 is 5.82. The van der Waals surface area contributed by atoms with E-state index in [4.69, 9.17) is 9.84 Å². The van der Waals surface area contributed by atoms with E-state index < -0.39 is 0 Å². The number of aryl methyl sites for hydroxylation is 1. The van der Waals surface area contributed by atoms with Gasteiger partial charge in [0.1, 0.15) is 5.75 Å². The van der Waals surface area contributed by atoms with Crippen LogP contribution in [0.25, 0.3) is 0 Å². The topological polar surface area (TPSA) is 42.4 Å².